The van der Waals surface area contributed by atoms with Gasteiger partial charge in [0.25, 0.3) is 0 Å². The molecule has 0 fully saturated rings. The Morgan fingerprint density at radius 3 is 2.83 bits per heavy atom. The van der Waals surface area contributed by atoms with Crippen molar-refractivity contribution >= 4 is 21.7 Å². The zero-order valence-electron chi connectivity index (χ0n) is 9.48. The van der Waals surface area contributed by atoms with Crippen LogP contribution in [0.2, 0.25) is 0 Å². The van der Waals surface area contributed by atoms with Gasteiger partial charge in [0.2, 0.25) is 0 Å². The van der Waals surface area contributed by atoms with E-state index in [9.17, 15) is 9.50 Å². The van der Waals surface area contributed by atoms with Crippen LogP contribution in [0.25, 0.3) is 0 Å². The van der Waals surface area contributed by atoms with Crippen molar-refractivity contribution in [2.24, 2.45) is 0 Å². The molecule has 0 aliphatic carbocycles. The minimum atomic E-state index is -0.940. The van der Waals surface area contributed by atoms with Gasteiger partial charge in [-0.15, -0.1) is 0 Å². The Hall–Kier alpha value is -1.46. The molecule has 0 aliphatic rings. The summed E-state index contributed by atoms with van der Waals surface area (Å²) in [6, 6.07) is 8.06. The molecule has 18 heavy (non-hydrogen) atoms. The molecule has 0 spiro atoms. The highest BCUT2D eigenvalue weighted by Crippen LogP contribution is 2.25. The first-order valence-corrected chi connectivity index (χ1v) is 6.19. The van der Waals surface area contributed by atoms with Crippen molar-refractivity contribution < 1.29 is 9.50 Å². The number of nitrogen functional groups attached to an aromatic ring is 1. The van der Waals surface area contributed by atoms with Crippen molar-refractivity contribution in [2.75, 3.05) is 5.73 Å². The zero-order valence-corrected chi connectivity index (χ0v) is 11.1. The van der Waals surface area contributed by atoms with Crippen LogP contribution in [0, 0.1) is 5.82 Å². The molecule has 0 saturated heterocycles. The second-order valence-corrected chi connectivity index (χ2v) is 4.85. The fourth-order valence-electron chi connectivity index (χ4n) is 1.71. The third kappa shape index (κ3) is 2.86. The third-order valence-corrected chi connectivity index (χ3v) is 3.15. The van der Waals surface area contributed by atoms with Gasteiger partial charge in [-0.1, -0.05) is 28.1 Å². The number of hydrogen-bond donors (Lipinski definition) is 2. The Morgan fingerprint density at radius 2 is 2.17 bits per heavy atom. The molecule has 2 aromatic rings. The van der Waals surface area contributed by atoms with E-state index < -0.39 is 11.9 Å². The van der Waals surface area contributed by atoms with Crippen molar-refractivity contribution in [1.82, 2.24) is 4.98 Å². The average molecular weight is 311 g/mol. The lowest BCUT2D eigenvalue weighted by atomic mass is 10.0. The molecule has 0 bridgehead atoms. The van der Waals surface area contributed by atoms with Gasteiger partial charge in [0.1, 0.15) is 11.6 Å². The van der Waals surface area contributed by atoms with Gasteiger partial charge in [-0.2, -0.15) is 0 Å². The molecule has 1 aromatic carbocycles. The van der Waals surface area contributed by atoms with E-state index in [4.69, 9.17) is 5.73 Å². The number of benzene rings is 1. The summed E-state index contributed by atoms with van der Waals surface area (Å²) in [7, 11) is 0. The maximum absolute atomic E-state index is 13.7. The smallest absolute Gasteiger partial charge is 0.130 e. The number of hydrogen-bond acceptors (Lipinski definition) is 3. The summed E-state index contributed by atoms with van der Waals surface area (Å²) in [6.07, 6.45) is 0.869. The number of aliphatic hydroxyl groups is 1. The molecule has 1 aromatic heterocycles. The van der Waals surface area contributed by atoms with Gasteiger partial charge in [-0.25, -0.2) is 9.37 Å². The maximum Gasteiger partial charge on any atom is 0.130 e. The fraction of sp³-hybridized carbons (Fsp3) is 0.154. The number of rotatable bonds is 3. The molecule has 5 heteroatoms. The second kappa shape index (κ2) is 5.46. The highest BCUT2D eigenvalue weighted by molar-refractivity contribution is 9.10. The molecule has 0 amide bonds. The van der Waals surface area contributed by atoms with Crippen molar-refractivity contribution in [3.05, 3.63) is 57.9 Å². The van der Waals surface area contributed by atoms with Crippen LogP contribution >= 0.6 is 15.9 Å². The van der Waals surface area contributed by atoms with Gasteiger partial charge >= 0.3 is 0 Å². The predicted molar refractivity (Wildman–Crippen MR) is 71.4 cm³/mol. The highest BCUT2D eigenvalue weighted by Gasteiger charge is 2.15. The first-order chi connectivity index (χ1) is 8.58. The van der Waals surface area contributed by atoms with Crippen molar-refractivity contribution in [3.8, 4) is 0 Å². The molecular formula is C13H12BrFN2O. The Morgan fingerprint density at radius 1 is 1.39 bits per heavy atom. The summed E-state index contributed by atoms with van der Waals surface area (Å²) >= 11 is 3.17. The first kappa shape index (κ1) is 13.0. The van der Waals surface area contributed by atoms with Gasteiger partial charge in [0.15, 0.2) is 0 Å². The second-order valence-electron chi connectivity index (χ2n) is 3.93. The lowest BCUT2D eigenvalue weighted by Gasteiger charge is -2.13. The van der Waals surface area contributed by atoms with Gasteiger partial charge in [-0.05, 0) is 23.8 Å². The Kier molecular flexibility index (Phi) is 3.93. The van der Waals surface area contributed by atoms with Gasteiger partial charge in [0.05, 0.1) is 6.10 Å². The zero-order chi connectivity index (χ0) is 13.1. The van der Waals surface area contributed by atoms with Crippen molar-refractivity contribution in [2.45, 2.75) is 12.5 Å². The Labute approximate surface area is 113 Å². The van der Waals surface area contributed by atoms with Crippen LogP contribution in [0.5, 0.6) is 0 Å². The number of nitrogens with zero attached hydrogens (tertiary/aromatic N) is 1. The van der Waals surface area contributed by atoms with Gasteiger partial charge < -0.3 is 10.8 Å². The average Bonchev–Trinajstić information content (AvgIpc) is 2.32. The third-order valence-electron chi connectivity index (χ3n) is 2.66. The number of anilines is 1. The van der Waals surface area contributed by atoms with Gasteiger partial charge in [0, 0.05) is 22.7 Å². The maximum atomic E-state index is 13.7. The highest BCUT2D eigenvalue weighted by atomic mass is 79.9. The van der Waals surface area contributed by atoms with Crippen molar-refractivity contribution in [1.29, 1.82) is 0 Å². The monoisotopic (exact) mass is 310 g/mol. The molecule has 1 atom stereocenters. The molecule has 1 unspecified atom stereocenters. The summed E-state index contributed by atoms with van der Waals surface area (Å²) in [5, 5.41) is 10.0. The molecular weight excluding hydrogens is 299 g/mol. The largest absolute Gasteiger partial charge is 0.388 e. The molecule has 1 heterocycles. The fourth-order valence-corrected chi connectivity index (χ4v) is 2.05. The molecule has 0 saturated carbocycles. The number of halogens is 2. The Bertz CT molecular complexity index is 562. The molecule has 0 aliphatic heterocycles. The molecule has 3 nitrogen and oxygen atoms in total. The van der Waals surface area contributed by atoms with Crippen LogP contribution in [0.3, 0.4) is 0 Å². The summed E-state index contributed by atoms with van der Waals surface area (Å²) in [5.41, 5.74) is 6.64. The summed E-state index contributed by atoms with van der Waals surface area (Å²) in [5.74, 6) is -0.0894. The Balaban J connectivity index is 2.22. The van der Waals surface area contributed by atoms with Crippen LogP contribution in [-0.4, -0.2) is 10.1 Å². The lowest BCUT2D eigenvalue weighted by molar-refractivity contribution is 0.173. The van der Waals surface area contributed by atoms with Crippen LogP contribution in [0.15, 0.2) is 41.0 Å². The number of aromatic nitrogens is 1. The van der Waals surface area contributed by atoms with E-state index in [1.165, 1.54) is 6.07 Å². The lowest BCUT2D eigenvalue weighted by Crippen LogP contribution is -2.07. The van der Waals surface area contributed by atoms with E-state index in [0.29, 0.717) is 15.9 Å². The van der Waals surface area contributed by atoms with Crippen molar-refractivity contribution in [3.63, 3.8) is 0 Å². The predicted octanol–water partition coefficient (Wildman–Crippen LogP) is 2.84. The first-order valence-electron chi connectivity index (χ1n) is 5.40. The molecule has 0 radical (unpaired) electrons. The van der Waals surface area contributed by atoms with E-state index in [1.807, 2.05) is 0 Å². The normalized spacial score (nSPS) is 12.4. The standard InChI is InChI=1S/C13H12BrFN2O/c14-9-3-4-10(11(15)7-9)12(18)6-8-2-1-5-17-13(8)16/h1-5,7,12,18H,6H2,(H2,16,17). The SMILES string of the molecule is Nc1ncccc1CC(O)c1ccc(Br)cc1F. The van der Waals surface area contributed by atoms with Gasteiger partial charge in [-0.3, -0.25) is 0 Å². The van der Waals surface area contributed by atoms with E-state index >= 15 is 0 Å². The quantitative estimate of drug-likeness (QED) is 0.916. The van der Waals surface area contributed by atoms with E-state index in [-0.39, 0.29) is 12.0 Å². The number of nitrogens with two attached hydrogens (primary N) is 1. The summed E-state index contributed by atoms with van der Waals surface area (Å²) in [6.45, 7) is 0. The number of pyridine rings is 1. The van der Waals surface area contributed by atoms with Crippen LogP contribution < -0.4 is 5.73 Å². The van der Waals surface area contributed by atoms with E-state index in [1.54, 1.807) is 30.5 Å². The molecule has 3 N–H and O–H groups in total. The topological polar surface area (TPSA) is 59.1 Å². The summed E-state index contributed by atoms with van der Waals surface area (Å²) < 4.78 is 14.3. The summed E-state index contributed by atoms with van der Waals surface area (Å²) in [4.78, 5) is 3.93. The van der Waals surface area contributed by atoms with E-state index in [2.05, 4.69) is 20.9 Å². The minimum Gasteiger partial charge on any atom is -0.388 e. The molecule has 94 valence electrons. The number of aliphatic hydroxyl groups excluding tert-OH is 1. The van der Waals surface area contributed by atoms with E-state index in [0.717, 1.165) is 0 Å². The van der Waals surface area contributed by atoms with Crippen LogP contribution in [0.4, 0.5) is 10.2 Å². The minimum absolute atomic E-state index is 0.234. The molecule has 2 rings (SSSR count). The van der Waals surface area contributed by atoms with Crippen LogP contribution in [0.1, 0.15) is 17.2 Å². The van der Waals surface area contributed by atoms with Crippen LogP contribution in [-0.2, 0) is 6.42 Å².